The standard InChI is InChI=1S/C14H11BrCl2N2O2/c15-9-2-1-8(12(17)5-9)7-21-13-6-10(16)3-4-11(13)14(18)19-20/h1-6,20H,7H2,(H2,18,19). The van der Waals surface area contributed by atoms with Gasteiger partial charge < -0.3 is 15.7 Å². The van der Waals surface area contributed by atoms with Crippen molar-refractivity contribution in [3.8, 4) is 5.75 Å². The molecule has 0 heterocycles. The number of rotatable bonds is 4. The monoisotopic (exact) mass is 388 g/mol. The van der Waals surface area contributed by atoms with Gasteiger partial charge in [-0.05, 0) is 30.3 Å². The smallest absolute Gasteiger partial charge is 0.173 e. The van der Waals surface area contributed by atoms with Crippen LogP contribution in [0.3, 0.4) is 0 Å². The molecule has 4 nitrogen and oxygen atoms in total. The van der Waals surface area contributed by atoms with Gasteiger partial charge in [-0.2, -0.15) is 0 Å². The molecular formula is C14H11BrCl2N2O2. The summed E-state index contributed by atoms with van der Waals surface area (Å²) in [6, 6.07) is 10.3. The lowest BCUT2D eigenvalue weighted by molar-refractivity contribution is 0.303. The molecule has 0 amide bonds. The second-order valence-corrected chi connectivity index (χ2v) is 5.91. The van der Waals surface area contributed by atoms with Gasteiger partial charge in [0.05, 0.1) is 5.56 Å². The molecule has 2 aromatic carbocycles. The molecule has 0 radical (unpaired) electrons. The van der Waals surface area contributed by atoms with Crippen molar-refractivity contribution in [1.82, 2.24) is 0 Å². The Kier molecular flexibility index (Phi) is 5.33. The summed E-state index contributed by atoms with van der Waals surface area (Å²) < 4.78 is 6.58. The zero-order valence-corrected chi connectivity index (χ0v) is 13.8. The van der Waals surface area contributed by atoms with Crippen LogP contribution in [0.25, 0.3) is 0 Å². The largest absolute Gasteiger partial charge is 0.488 e. The van der Waals surface area contributed by atoms with Gasteiger partial charge in [0.1, 0.15) is 12.4 Å². The molecule has 0 aliphatic rings. The van der Waals surface area contributed by atoms with Crippen LogP contribution >= 0.6 is 39.1 Å². The number of oxime groups is 1. The summed E-state index contributed by atoms with van der Waals surface area (Å²) in [5.74, 6) is 0.361. The Morgan fingerprint density at radius 3 is 2.67 bits per heavy atom. The van der Waals surface area contributed by atoms with E-state index >= 15 is 0 Å². The predicted octanol–water partition coefficient (Wildman–Crippen LogP) is 4.43. The fourth-order valence-corrected chi connectivity index (χ4v) is 2.57. The summed E-state index contributed by atoms with van der Waals surface area (Å²) in [6.07, 6.45) is 0. The maximum absolute atomic E-state index is 8.79. The minimum atomic E-state index is -0.0523. The molecule has 0 atom stereocenters. The maximum Gasteiger partial charge on any atom is 0.173 e. The number of ether oxygens (including phenoxy) is 1. The van der Waals surface area contributed by atoms with E-state index in [4.69, 9.17) is 38.9 Å². The molecule has 2 rings (SSSR count). The minimum Gasteiger partial charge on any atom is -0.488 e. The van der Waals surface area contributed by atoms with E-state index in [0.29, 0.717) is 21.4 Å². The van der Waals surface area contributed by atoms with E-state index in [1.54, 1.807) is 24.3 Å². The van der Waals surface area contributed by atoms with Crippen LogP contribution in [0.2, 0.25) is 10.0 Å². The molecule has 0 saturated heterocycles. The summed E-state index contributed by atoms with van der Waals surface area (Å²) in [4.78, 5) is 0. The number of nitrogens with zero attached hydrogens (tertiary/aromatic N) is 1. The summed E-state index contributed by atoms with van der Waals surface area (Å²) in [5, 5.41) is 12.8. The van der Waals surface area contributed by atoms with Gasteiger partial charge in [0, 0.05) is 20.1 Å². The number of benzene rings is 2. The van der Waals surface area contributed by atoms with Crippen LogP contribution in [0.15, 0.2) is 46.0 Å². The summed E-state index contributed by atoms with van der Waals surface area (Å²) >= 11 is 15.4. The van der Waals surface area contributed by atoms with Gasteiger partial charge in [0.25, 0.3) is 0 Å². The highest BCUT2D eigenvalue weighted by Gasteiger charge is 2.10. The van der Waals surface area contributed by atoms with Gasteiger partial charge >= 0.3 is 0 Å². The van der Waals surface area contributed by atoms with Crippen molar-refractivity contribution >= 4 is 45.0 Å². The van der Waals surface area contributed by atoms with Crippen molar-refractivity contribution in [2.75, 3.05) is 0 Å². The Morgan fingerprint density at radius 1 is 1.24 bits per heavy atom. The van der Waals surface area contributed by atoms with Crippen molar-refractivity contribution in [3.63, 3.8) is 0 Å². The fraction of sp³-hybridized carbons (Fsp3) is 0.0714. The first-order chi connectivity index (χ1) is 10.0. The second-order valence-electron chi connectivity index (χ2n) is 4.15. The van der Waals surface area contributed by atoms with Crippen molar-refractivity contribution in [2.24, 2.45) is 10.9 Å². The number of hydrogen-bond donors (Lipinski definition) is 2. The Labute approximate surface area is 140 Å². The van der Waals surface area contributed by atoms with Gasteiger partial charge in [0.15, 0.2) is 5.84 Å². The quantitative estimate of drug-likeness (QED) is 0.351. The van der Waals surface area contributed by atoms with Crippen LogP contribution in [0.1, 0.15) is 11.1 Å². The van der Waals surface area contributed by atoms with Gasteiger partial charge in [-0.1, -0.05) is 50.4 Å². The lowest BCUT2D eigenvalue weighted by Gasteiger charge is -2.12. The SMILES string of the molecule is N/C(=N/O)c1ccc(Cl)cc1OCc1ccc(Br)cc1Cl. The molecule has 0 aliphatic carbocycles. The number of amidine groups is 1. The number of hydrogen-bond acceptors (Lipinski definition) is 3. The van der Waals surface area contributed by atoms with E-state index in [2.05, 4.69) is 21.1 Å². The van der Waals surface area contributed by atoms with Crippen LogP contribution in [0.4, 0.5) is 0 Å². The summed E-state index contributed by atoms with van der Waals surface area (Å²) in [6.45, 7) is 0.234. The first-order valence-electron chi connectivity index (χ1n) is 5.85. The van der Waals surface area contributed by atoms with Crippen molar-refractivity contribution in [1.29, 1.82) is 0 Å². The predicted molar refractivity (Wildman–Crippen MR) is 87.4 cm³/mol. The molecule has 2 aromatic rings. The Balaban J connectivity index is 2.25. The van der Waals surface area contributed by atoms with Gasteiger partial charge in [-0.25, -0.2) is 0 Å². The van der Waals surface area contributed by atoms with Crippen molar-refractivity contribution < 1.29 is 9.94 Å². The summed E-state index contributed by atoms with van der Waals surface area (Å²) in [7, 11) is 0. The molecule has 0 spiro atoms. The first kappa shape index (κ1) is 15.9. The average molecular weight is 390 g/mol. The highest BCUT2D eigenvalue weighted by atomic mass is 79.9. The van der Waals surface area contributed by atoms with E-state index in [9.17, 15) is 0 Å². The molecule has 0 unspecified atom stereocenters. The van der Waals surface area contributed by atoms with E-state index in [0.717, 1.165) is 10.0 Å². The molecule has 0 aromatic heterocycles. The van der Waals surface area contributed by atoms with Crippen molar-refractivity contribution in [2.45, 2.75) is 6.61 Å². The zero-order valence-electron chi connectivity index (χ0n) is 10.7. The minimum absolute atomic E-state index is 0.0523. The summed E-state index contributed by atoms with van der Waals surface area (Å²) in [5.41, 5.74) is 6.87. The Hall–Kier alpha value is -1.43. The molecule has 0 saturated carbocycles. The number of halogens is 3. The maximum atomic E-state index is 8.79. The van der Waals surface area contributed by atoms with E-state index < -0.39 is 0 Å². The third kappa shape index (κ3) is 4.03. The lowest BCUT2D eigenvalue weighted by Crippen LogP contribution is -2.14. The van der Waals surface area contributed by atoms with E-state index in [1.165, 1.54) is 0 Å². The molecular weight excluding hydrogens is 379 g/mol. The molecule has 0 bridgehead atoms. The highest BCUT2D eigenvalue weighted by molar-refractivity contribution is 9.10. The molecule has 7 heteroatoms. The van der Waals surface area contributed by atoms with Crippen LogP contribution in [0, 0.1) is 0 Å². The third-order valence-electron chi connectivity index (χ3n) is 2.73. The molecule has 0 aliphatic heterocycles. The molecule has 21 heavy (non-hydrogen) atoms. The topological polar surface area (TPSA) is 67.8 Å². The Bertz CT molecular complexity index is 693. The molecule has 110 valence electrons. The van der Waals surface area contributed by atoms with Crippen LogP contribution < -0.4 is 10.5 Å². The van der Waals surface area contributed by atoms with Gasteiger partial charge in [0.2, 0.25) is 0 Å². The van der Waals surface area contributed by atoms with Gasteiger partial charge in [-0.15, -0.1) is 0 Å². The number of nitrogens with two attached hydrogens (primary N) is 1. The highest BCUT2D eigenvalue weighted by Crippen LogP contribution is 2.26. The Morgan fingerprint density at radius 2 is 2.00 bits per heavy atom. The first-order valence-corrected chi connectivity index (χ1v) is 7.40. The fourth-order valence-electron chi connectivity index (χ4n) is 1.68. The zero-order chi connectivity index (χ0) is 15.4. The molecule has 3 N–H and O–H groups in total. The lowest BCUT2D eigenvalue weighted by atomic mass is 10.2. The van der Waals surface area contributed by atoms with Crippen LogP contribution in [-0.2, 0) is 6.61 Å². The third-order valence-corrected chi connectivity index (χ3v) is 3.81. The van der Waals surface area contributed by atoms with Gasteiger partial charge in [-0.3, -0.25) is 0 Å². The normalized spacial score (nSPS) is 11.5. The van der Waals surface area contributed by atoms with Crippen molar-refractivity contribution in [3.05, 3.63) is 62.0 Å². The second kappa shape index (κ2) is 7.02. The van der Waals surface area contributed by atoms with Crippen LogP contribution in [-0.4, -0.2) is 11.0 Å². The van der Waals surface area contributed by atoms with E-state index in [1.807, 2.05) is 12.1 Å². The molecule has 0 fully saturated rings. The van der Waals surface area contributed by atoms with Crippen LogP contribution in [0.5, 0.6) is 5.75 Å². The average Bonchev–Trinajstić information content (AvgIpc) is 2.45. The van der Waals surface area contributed by atoms with E-state index in [-0.39, 0.29) is 12.4 Å².